The molecule has 0 aliphatic carbocycles. The quantitative estimate of drug-likeness (QED) is 0.590. The Hall–Kier alpha value is -2.60. The molecular weight excluding hydrogens is 378 g/mol. The predicted octanol–water partition coefficient (Wildman–Crippen LogP) is 3.82. The van der Waals surface area contributed by atoms with Crippen molar-refractivity contribution < 1.29 is 14.4 Å². The third kappa shape index (κ3) is 3.11. The molecule has 1 aromatic heterocycles. The van der Waals surface area contributed by atoms with Crippen LogP contribution in [0.25, 0.3) is 0 Å². The SMILES string of the molecule is CCn1c(C)cc(C(=O)CN2C(=O)NC(CC)(c3ccc(Cl)cc3)C2=O)c1C. The van der Waals surface area contributed by atoms with Gasteiger partial charge >= 0.3 is 6.03 Å². The van der Waals surface area contributed by atoms with Crippen molar-refractivity contribution in [3.8, 4) is 0 Å². The number of hydrogen-bond donors (Lipinski definition) is 1. The number of ketones is 1. The van der Waals surface area contributed by atoms with Crippen molar-refractivity contribution in [3.63, 3.8) is 0 Å². The molecule has 148 valence electrons. The van der Waals surface area contributed by atoms with Gasteiger partial charge in [0.1, 0.15) is 5.54 Å². The van der Waals surface area contributed by atoms with Crippen LogP contribution in [0.3, 0.4) is 0 Å². The van der Waals surface area contributed by atoms with E-state index in [1.807, 2.05) is 38.3 Å². The smallest absolute Gasteiger partial charge is 0.325 e. The number of carbonyl (C=O) groups is 3. The summed E-state index contributed by atoms with van der Waals surface area (Å²) in [5, 5.41) is 3.34. The number of benzene rings is 1. The van der Waals surface area contributed by atoms with Crippen molar-refractivity contribution in [2.24, 2.45) is 0 Å². The second-order valence-corrected chi connectivity index (χ2v) is 7.48. The summed E-state index contributed by atoms with van der Waals surface area (Å²) in [4.78, 5) is 39.7. The molecule has 1 saturated heterocycles. The lowest BCUT2D eigenvalue weighted by molar-refractivity contribution is -0.131. The Morgan fingerprint density at radius 2 is 1.79 bits per heavy atom. The van der Waals surface area contributed by atoms with E-state index in [0.717, 1.165) is 22.8 Å². The van der Waals surface area contributed by atoms with Gasteiger partial charge in [-0.1, -0.05) is 30.7 Å². The molecule has 0 radical (unpaired) electrons. The maximum absolute atomic E-state index is 13.2. The molecule has 1 unspecified atom stereocenters. The molecule has 1 atom stereocenters. The molecule has 7 heteroatoms. The number of hydrogen-bond acceptors (Lipinski definition) is 3. The lowest BCUT2D eigenvalue weighted by Crippen LogP contribution is -2.43. The minimum Gasteiger partial charge on any atom is -0.349 e. The lowest BCUT2D eigenvalue weighted by Gasteiger charge is -2.25. The number of urea groups is 1. The van der Waals surface area contributed by atoms with E-state index in [9.17, 15) is 14.4 Å². The van der Waals surface area contributed by atoms with Gasteiger partial charge < -0.3 is 9.88 Å². The van der Waals surface area contributed by atoms with Crippen LogP contribution >= 0.6 is 11.6 Å². The highest BCUT2D eigenvalue weighted by molar-refractivity contribution is 6.30. The number of halogens is 1. The van der Waals surface area contributed by atoms with Gasteiger partial charge in [-0.05, 0) is 51.0 Å². The second kappa shape index (κ2) is 7.43. The number of rotatable bonds is 6. The molecule has 2 aromatic rings. The number of nitrogens with zero attached hydrogens (tertiary/aromatic N) is 2. The first-order valence-corrected chi connectivity index (χ1v) is 9.73. The van der Waals surface area contributed by atoms with E-state index in [2.05, 4.69) is 5.32 Å². The van der Waals surface area contributed by atoms with Gasteiger partial charge in [-0.2, -0.15) is 0 Å². The molecule has 0 bridgehead atoms. The molecule has 6 nitrogen and oxygen atoms in total. The first-order valence-electron chi connectivity index (χ1n) is 9.35. The number of aryl methyl sites for hydroxylation is 1. The number of amides is 3. The lowest BCUT2D eigenvalue weighted by atomic mass is 9.87. The van der Waals surface area contributed by atoms with Crippen LogP contribution in [0.5, 0.6) is 0 Å². The van der Waals surface area contributed by atoms with E-state index >= 15 is 0 Å². The van der Waals surface area contributed by atoms with Gasteiger partial charge in [-0.15, -0.1) is 0 Å². The Kier molecular flexibility index (Phi) is 5.35. The Morgan fingerprint density at radius 3 is 2.32 bits per heavy atom. The Labute approximate surface area is 169 Å². The summed E-state index contributed by atoms with van der Waals surface area (Å²) in [7, 11) is 0. The average molecular weight is 402 g/mol. The first kappa shape index (κ1) is 20.1. The molecule has 1 N–H and O–H groups in total. The molecule has 1 fully saturated rings. The Bertz CT molecular complexity index is 949. The van der Waals surface area contributed by atoms with Gasteiger partial charge in [0.2, 0.25) is 0 Å². The normalized spacial score (nSPS) is 19.2. The van der Waals surface area contributed by atoms with E-state index in [0.29, 0.717) is 22.6 Å². The van der Waals surface area contributed by atoms with Gasteiger partial charge in [0.15, 0.2) is 5.78 Å². The number of imide groups is 1. The second-order valence-electron chi connectivity index (χ2n) is 7.04. The van der Waals surface area contributed by atoms with Crippen LogP contribution in [0.4, 0.5) is 4.79 Å². The molecule has 0 saturated carbocycles. The molecule has 0 spiro atoms. The van der Waals surface area contributed by atoms with E-state index < -0.39 is 17.5 Å². The van der Waals surface area contributed by atoms with Crippen molar-refractivity contribution in [1.29, 1.82) is 0 Å². The number of carbonyl (C=O) groups excluding carboxylic acids is 3. The Morgan fingerprint density at radius 1 is 1.14 bits per heavy atom. The van der Waals surface area contributed by atoms with Crippen molar-refractivity contribution >= 4 is 29.3 Å². The minimum atomic E-state index is -1.18. The monoisotopic (exact) mass is 401 g/mol. The topological polar surface area (TPSA) is 71.4 Å². The number of aromatic nitrogens is 1. The summed E-state index contributed by atoms with van der Waals surface area (Å²) >= 11 is 5.95. The van der Waals surface area contributed by atoms with Crippen LogP contribution in [0, 0.1) is 13.8 Å². The summed E-state index contributed by atoms with van der Waals surface area (Å²) in [6, 6.07) is 8.07. The number of Topliss-reactive ketones (excluding diaryl/α,β-unsaturated/α-hetero) is 1. The highest BCUT2D eigenvalue weighted by Gasteiger charge is 2.51. The fourth-order valence-electron chi connectivity index (χ4n) is 3.94. The van der Waals surface area contributed by atoms with Crippen LogP contribution in [0.2, 0.25) is 5.02 Å². The molecular formula is C21H24ClN3O3. The maximum Gasteiger partial charge on any atom is 0.325 e. The van der Waals surface area contributed by atoms with E-state index in [1.165, 1.54) is 0 Å². The van der Waals surface area contributed by atoms with Crippen LogP contribution in [0.1, 0.15) is 47.6 Å². The van der Waals surface area contributed by atoms with Crippen LogP contribution in [-0.4, -0.2) is 33.7 Å². The molecule has 2 heterocycles. The zero-order valence-electron chi connectivity index (χ0n) is 16.5. The van der Waals surface area contributed by atoms with Crippen molar-refractivity contribution in [1.82, 2.24) is 14.8 Å². The molecule has 3 rings (SSSR count). The van der Waals surface area contributed by atoms with E-state index in [-0.39, 0.29) is 12.3 Å². The number of nitrogens with one attached hydrogen (secondary N) is 1. The summed E-state index contributed by atoms with van der Waals surface area (Å²) < 4.78 is 2.03. The molecule has 1 aliphatic heterocycles. The molecule has 1 aliphatic rings. The summed E-state index contributed by atoms with van der Waals surface area (Å²) in [5.74, 6) is -0.667. The average Bonchev–Trinajstić information content (AvgIpc) is 3.10. The van der Waals surface area contributed by atoms with Gasteiger partial charge in [0, 0.05) is 28.5 Å². The zero-order valence-corrected chi connectivity index (χ0v) is 17.3. The van der Waals surface area contributed by atoms with Crippen molar-refractivity contribution in [2.75, 3.05) is 6.54 Å². The van der Waals surface area contributed by atoms with Gasteiger partial charge in [0.05, 0.1) is 6.54 Å². The van der Waals surface area contributed by atoms with E-state index in [4.69, 9.17) is 11.6 Å². The van der Waals surface area contributed by atoms with Gasteiger partial charge in [0.25, 0.3) is 5.91 Å². The highest BCUT2D eigenvalue weighted by atomic mass is 35.5. The molecule has 28 heavy (non-hydrogen) atoms. The maximum atomic E-state index is 13.2. The van der Waals surface area contributed by atoms with Crippen molar-refractivity contribution in [3.05, 3.63) is 57.9 Å². The summed E-state index contributed by atoms with van der Waals surface area (Å²) in [6.45, 7) is 8.11. The fourth-order valence-corrected chi connectivity index (χ4v) is 4.07. The van der Waals surface area contributed by atoms with E-state index in [1.54, 1.807) is 24.3 Å². The fraction of sp³-hybridized carbons (Fsp3) is 0.381. The van der Waals surface area contributed by atoms with Crippen LogP contribution < -0.4 is 5.32 Å². The standard InChI is InChI=1S/C21H24ClN3O3/c1-5-21(15-7-9-16(22)10-8-15)19(27)25(20(28)23-21)12-18(26)17-11-13(3)24(6-2)14(17)4/h7-11H,5-6,12H2,1-4H3,(H,23,28). The first-order chi connectivity index (χ1) is 13.2. The third-order valence-electron chi connectivity index (χ3n) is 5.54. The van der Waals surface area contributed by atoms with Crippen LogP contribution in [0.15, 0.2) is 30.3 Å². The zero-order chi connectivity index (χ0) is 20.6. The minimum absolute atomic E-state index is 0.251. The van der Waals surface area contributed by atoms with Crippen molar-refractivity contribution in [2.45, 2.75) is 46.2 Å². The largest absolute Gasteiger partial charge is 0.349 e. The molecule has 3 amide bonds. The van der Waals surface area contributed by atoms with Gasteiger partial charge in [-0.3, -0.25) is 14.5 Å². The van der Waals surface area contributed by atoms with Gasteiger partial charge in [-0.25, -0.2) is 4.79 Å². The molecule has 1 aromatic carbocycles. The third-order valence-corrected chi connectivity index (χ3v) is 5.79. The Balaban J connectivity index is 1.89. The predicted molar refractivity (Wildman–Crippen MR) is 108 cm³/mol. The summed E-state index contributed by atoms with van der Waals surface area (Å²) in [6.07, 6.45) is 0.369. The summed E-state index contributed by atoms with van der Waals surface area (Å²) in [5.41, 5.74) is 1.83. The highest BCUT2D eigenvalue weighted by Crippen LogP contribution is 2.33. The van der Waals surface area contributed by atoms with Crippen LogP contribution in [-0.2, 0) is 16.9 Å².